The molecule has 21 heavy (non-hydrogen) atoms. The smallest absolute Gasteiger partial charge is 0.256 e. The van der Waals surface area contributed by atoms with Gasteiger partial charge in [0.1, 0.15) is 5.82 Å². The molecule has 2 N–H and O–H groups in total. The maximum atomic E-state index is 13.2. The number of amides is 1. The third kappa shape index (κ3) is 1.84. The predicted molar refractivity (Wildman–Crippen MR) is 81.2 cm³/mol. The number of para-hydroxylation sites is 1. The Kier molecular flexibility index (Phi) is 2.44. The molecule has 0 aliphatic carbocycles. The van der Waals surface area contributed by atoms with Crippen LogP contribution < -0.4 is 5.32 Å². The van der Waals surface area contributed by atoms with Crippen molar-refractivity contribution < 1.29 is 9.18 Å². The summed E-state index contributed by atoms with van der Waals surface area (Å²) in [4.78, 5) is 15.3. The summed E-state index contributed by atoms with van der Waals surface area (Å²) < 4.78 is 13.2. The maximum absolute atomic E-state index is 13.2. The van der Waals surface area contributed by atoms with Crippen LogP contribution in [-0.4, -0.2) is 10.9 Å². The van der Waals surface area contributed by atoms with Crippen LogP contribution in [0.15, 0.2) is 48.7 Å². The summed E-state index contributed by atoms with van der Waals surface area (Å²) in [7, 11) is 0. The number of fused-ring (bicyclic) bond motifs is 2. The van der Waals surface area contributed by atoms with Gasteiger partial charge in [0.2, 0.25) is 0 Å². The first-order valence-electron chi connectivity index (χ1n) is 6.61. The third-order valence-electron chi connectivity index (χ3n) is 3.69. The molecule has 2 aromatic carbocycles. The fraction of sp³-hybridized carbons (Fsp3) is 0. The first-order chi connectivity index (χ1) is 10.2. The van der Waals surface area contributed by atoms with Crippen molar-refractivity contribution in [3.8, 4) is 0 Å². The molecule has 0 spiro atoms. The van der Waals surface area contributed by atoms with Gasteiger partial charge < -0.3 is 10.3 Å². The maximum Gasteiger partial charge on any atom is 0.256 e. The van der Waals surface area contributed by atoms with Crippen molar-refractivity contribution in [3.63, 3.8) is 0 Å². The predicted octanol–water partition coefficient (Wildman–Crippen LogP) is 3.80. The Hall–Kier alpha value is -2.88. The minimum atomic E-state index is -0.359. The molecule has 0 atom stereocenters. The van der Waals surface area contributed by atoms with Gasteiger partial charge in [-0.3, -0.25) is 4.79 Å². The average molecular weight is 278 g/mol. The summed E-state index contributed by atoms with van der Waals surface area (Å²) >= 11 is 0. The van der Waals surface area contributed by atoms with Gasteiger partial charge in [-0.15, -0.1) is 0 Å². The van der Waals surface area contributed by atoms with Gasteiger partial charge in [-0.05, 0) is 30.3 Å². The van der Waals surface area contributed by atoms with Gasteiger partial charge in [-0.25, -0.2) is 4.39 Å². The van der Waals surface area contributed by atoms with Crippen LogP contribution in [0.4, 0.5) is 10.1 Å². The monoisotopic (exact) mass is 278 g/mol. The van der Waals surface area contributed by atoms with E-state index in [9.17, 15) is 9.18 Å². The van der Waals surface area contributed by atoms with Gasteiger partial charge in [0.05, 0.1) is 5.69 Å². The molecule has 1 amide bonds. The van der Waals surface area contributed by atoms with Crippen LogP contribution in [0.1, 0.15) is 11.1 Å². The second-order valence-electron chi connectivity index (χ2n) is 4.99. The first-order valence-corrected chi connectivity index (χ1v) is 6.61. The van der Waals surface area contributed by atoms with E-state index in [2.05, 4.69) is 10.3 Å². The minimum absolute atomic E-state index is 0.208. The van der Waals surface area contributed by atoms with Gasteiger partial charge in [-0.1, -0.05) is 18.2 Å². The molecule has 4 heteroatoms. The fourth-order valence-electron chi connectivity index (χ4n) is 2.68. The lowest BCUT2D eigenvalue weighted by Crippen LogP contribution is -2.03. The van der Waals surface area contributed by atoms with Crippen molar-refractivity contribution in [2.75, 3.05) is 5.32 Å². The lowest BCUT2D eigenvalue weighted by atomic mass is 10.0. The summed E-state index contributed by atoms with van der Waals surface area (Å²) in [6.07, 6.45) is 3.70. The second kappa shape index (κ2) is 4.31. The molecule has 0 saturated carbocycles. The SMILES string of the molecule is O=C1Nc2cc(F)ccc2C1=Cc1c[nH]c2ccccc12. The van der Waals surface area contributed by atoms with E-state index in [-0.39, 0.29) is 11.7 Å². The van der Waals surface area contributed by atoms with Gasteiger partial charge in [0, 0.05) is 33.8 Å². The standard InChI is InChI=1S/C17H11FN2O/c18-11-5-6-13-14(17(21)20-16(13)8-11)7-10-9-19-15-4-2-1-3-12(10)15/h1-9,19H,(H,20,21). The Labute approximate surface area is 120 Å². The molecule has 2 heterocycles. The van der Waals surface area contributed by atoms with E-state index >= 15 is 0 Å². The van der Waals surface area contributed by atoms with E-state index in [1.165, 1.54) is 12.1 Å². The third-order valence-corrected chi connectivity index (χ3v) is 3.69. The molecule has 0 bridgehead atoms. The molecule has 102 valence electrons. The van der Waals surface area contributed by atoms with Gasteiger partial charge in [0.15, 0.2) is 0 Å². The van der Waals surface area contributed by atoms with Crippen LogP contribution in [0.3, 0.4) is 0 Å². The Morgan fingerprint density at radius 2 is 1.95 bits per heavy atom. The number of anilines is 1. The van der Waals surface area contributed by atoms with Gasteiger partial charge in [0.25, 0.3) is 5.91 Å². The number of benzene rings is 2. The zero-order valence-corrected chi connectivity index (χ0v) is 11.0. The highest BCUT2D eigenvalue weighted by Gasteiger charge is 2.24. The number of aromatic nitrogens is 1. The molecular formula is C17H11FN2O. The van der Waals surface area contributed by atoms with E-state index in [1.807, 2.05) is 36.5 Å². The number of carbonyl (C=O) groups is 1. The number of nitrogens with one attached hydrogen (secondary N) is 2. The number of halogens is 1. The van der Waals surface area contributed by atoms with Crippen LogP contribution in [0.25, 0.3) is 22.6 Å². The van der Waals surface area contributed by atoms with Crippen LogP contribution in [0, 0.1) is 5.82 Å². The summed E-state index contributed by atoms with van der Waals surface area (Å²) in [6, 6.07) is 12.2. The summed E-state index contributed by atoms with van der Waals surface area (Å²) in [5, 5.41) is 3.74. The van der Waals surface area contributed by atoms with E-state index in [0.717, 1.165) is 22.0 Å². The Balaban J connectivity index is 1.89. The van der Waals surface area contributed by atoms with Crippen LogP contribution in [0.5, 0.6) is 0 Å². The molecule has 3 aromatic rings. The van der Waals surface area contributed by atoms with Crippen LogP contribution in [0.2, 0.25) is 0 Å². The highest BCUT2D eigenvalue weighted by molar-refractivity contribution is 6.35. The molecule has 3 nitrogen and oxygen atoms in total. The second-order valence-corrected chi connectivity index (χ2v) is 4.99. The largest absolute Gasteiger partial charge is 0.361 e. The topological polar surface area (TPSA) is 44.9 Å². The first kappa shape index (κ1) is 11.9. The number of hydrogen-bond donors (Lipinski definition) is 2. The number of rotatable bonds is 1. The highest BCUT2D eigenvalue weighted by atomic mass is 19.1. The van der Waals surface area contributed by atoms with Crippen molar-refractivity contribution in [3.05, 3.63) is 65.6 Å². The number of H-pyrrole nitrogens is 1. The summed E-state index contributed by atoms with van der Waals surface area (Å²) in [6.45, 7) is 0. The van der Waals surface area contributed by atoms with Crippen molar-refractivity contribution in [2.24, 2.45) is 0 Å². The molecule has 1 aliphatic rings. The zero-order chi connectivity index (χ0) is 14.4. The zero-order valence-electron chi connectivity index (χ0n) is 11.0. The van der Waals surface area contributed by atoms with Gasteiger partial charge in [-0.2, -0.15) is 0 Å². The number of carbonyl (C=O) groups excluding carboxylic acids is 1. The van der Waals surface area contributed by atoms with Crippen LogP contribution in [-0.2, 0) is 4.79 Å². The molecular weight excluding hydrogens is 267 g/mol. The summed E-state index contributed by atoms with van der Waals surface area (Å²) in [5.41, 5.74) is 3.75. The van der Waals surface area contributed by atoms with E-state index in [0.29, 0.717) is 11.3 Å². The van der Waals surface area contributed by atoms with E-state index in [1.54, 1.807) is 6.07 Å². The van der Waals surface area contributed by atoms with Crippen molar-refractivity contribution in [1.82, 2.24) is 4.98 Å². The average Bonchev–Trinajstić information content (AvgIpc) is 3.01. The summed E-state index contributed by atoms with van der Waals surface area (Å²) in [5.74, 6) is -0.566. The number of aromatic amines is 1. The molecule has 1 aromatic heterocycles. The van der Waals surface area contributed by atoms with Crippen molar-refractivity contribution >= 4 is 34.1 Å². The van der Waals surface area contributed by atoms with E-state index < -0.39 is 0 Å². The molecule has 0 saturated heterocycles. The molecule has 1 aliphatic heterocycles. The minimum Gasteiger partial charge on any atom is -0.361 e. The lowest BCUT2D eigenvalue weighted by molar-refractivity contribution is -0.110. The van der Waals surface area contributed by atoms with Crippen molar-refractivity contribution in [1.29, 1.82) is 0 Å². The van der Waals surface area contributed by atoms with Crippen LogP contribution >= 0.6 is 0 Å². The molecule has 0 fully saturated rings. The van der Waals surface area contributed by atoms with E-state index in [4.69, 9.17) is 0 Å². The Bertz CT molecular complexity index is 908. The highest BCUT2D eigenvalue weighted by Crippen LogP contribution is 2.34. The number of hydrogen-bond acceptors (Lipinski definition) is 1. The Morgan fingerprint density at radius 1 is 1.10 bits per heavy atom. The lowest BCUT2D eigenvalue weighted by Gasteiger charge is -1.98. The van der Waals surface area contributed by atoms with Gasteiger partial charge >= 0.3 is 0 Å². The molecule has 4 rings (SSSR count). The molecule has 0 unspecified atom stereocenters. The fourth-order valence-corrected chi connectivity index (χ4v) is 2.68. The van der Waals surface area contributed by atoms with Crippen molar-refractivity contribution in [2.45, 2.75) is 0 Å². The molecule has 0 radical (unpaired) electrons. The Morgan fingerprint density at radius 3 is 2.86 bits per heavy atom. The quantitative estimate of drug-likeness (QED) is 0.653. The normalized spacial score (nSPS) is 15.5.